The molecule has 1 heterocycles. The zero-order valence-corrected chi connectivity index (χ0v) is 9.21. The van der Waals surface area contributed by atoms with Crippen molar-refractivity contribution in [2.45, 2.75) is 31.8 Å². The first-order valence-electron chi connectivity index (χ1n) is 5.48. The first kappa shape index (κ1) is 12.3. The quantitative estimate of drug-likeness (QED) is 0.630. The number of carbonyl (C=O) groups is 1. The molecule has 1 saturated heterocycles. The van der Waals surface area contributed by atoms with E-state index in [2.05, 4.69) is 10.6 Å². The maximum Gasteiger partial charge on any atom is 0.314 e. The van der Waals surface area contributed by atoms with Gasteiger partial charge in [0.25, 0.3) is 0 Å². The van der Waals surface area contributed by atoms with Crippen LogP contribution in [0.1, 0.15) is 26.2 Å². The predicted octanol–water partition coefficient (Wildman–Crippen LogP) is 0.237. The fraction of sp³-hybridized carbons (Fsp3) is 0.900. The Bertz CT molecular complexity index is 203. The van der Waals surface area contributed by atoms with Crippen molar-refractivity contribution in [3.05, 3.63) is 0 Å². The Labute approximate surface area is 90.2 Å². The molecule has 88 valence electrons. The fourth-order valence-electron chi connectivity index (χ4n) is 1.47. The average molecular weight is 216 g/mol. The van der Waals surface area contributed by atoms with Crippen molar-refractivity contribution in [1.82, 2.24) is 10.6 Å². The van der Waals surface area contributed by atoms with Gasteiger partial charge in [0.05, 0.1) is 5.60 Å². The van der Waals surface area contributed by atoms with Crippen molar-refractivity contribution in [1.29, 1.82) is 0 Å². The minimum Gasteiger partial charge on any atom is -0.388 e. The van der Waals surface area contributed by atoms with Gasteiger partial charge in [-0.2, -0.15) is 0 Å². The minimum atomic E-state index is -0.790. The van der Waals surface area contributed by atoms with Gasteiger partial charge in [0, 0.05) is 39.1 Å². The monoisotopic (exact) mass is 216 g/mol. The van der Waals surface area contributed by atoms with Gasteiger partial charge in [0.15, 0.2) is 0 Å². The van der Waals surface area contributed by atoms with Gasteiger partial charge in [-0.3, -0.25) is 0 Å². The van der Waals surface area contributed by atoms with Gasteiger partial charge in [0.2, 0.25) is 0 Å². The van der Waals surface area contributed by atoms with Crippen LogP contribution in [0, 0.1) is 0 Å². The molecule has 0 aliphatic carbocycles. The summed E-state index contributed by atoms with van der Waals surface area (Å²) in [5, 5.41) is 15.4. The van der Waals surface area contributed by atoms with Gasteiger partial charge in [-0.1, -0.05) is 6.92 Å². The van der Waals surface area contributed by atoms with Crippen LogP contribution in [0.5, 0.6) is 0 Å². The van der Waals surface area contributed by atoms with E-state index in [0.29, 0.717) is 39.1 Å². The standard InChI is InChI=1S/C10H20N2O3/c1-2-5-11-9(13)12-8-10(14)3-6-15-7-4-10/h14H,2-8H2,1H3,(H2,11,12,13). The lowest BCUT2D eigenvalue weighted by molar-refractivity contribution is -0.0600. The Hall–Kier alpha value is -0.810. The van der Waals surface area contributed by atoms with Crippen LogP contribution >= 0.6 is 0 Å². The molecular weight excluding hydrogens is 196 g/mol. The number of rotatable bonds is 4. The highest BCUT2D eigenvalue weighted by Gasteiger charge is 2.29. The van der Waals surface area contributed by atoms with Crippen LogP contribution in [0.25, 0.3) is 0 Å². The zero-order valence-electron chi connectivity index (χ0n) is 9.21. The molecule has 0 aromatic carbocycles. The van der Waals surface area contributed by atoms with E-state index in [1.54, 1.807) is 0 Å². The van der Waals surface area contributed by atoms with Gasteiger partial charge in [-0.25, -0.2) is 4.79 Å². The van der Waals surface area contributed by atoms with E-state index in [-0.39, 0.29) is 6.03 Å². The lowest BCUT2D eigenvalue weighted by Gasteiger charge is -2.32. The van der Waals surface area contributed by atoms with Crippen molar-refractivity contribution >= 4 is 6.03 Å². The number of carbonyl (C=O) groups excluding carboxylic acids is 1. The molecule has 0 aromatic heterocycles. The van der Waals surface area contributed by atoms with E-state index in [0.717, 1.165) is 6.42 Å². The van der Waals surface area contributed by atoms with Gasteiger partial charge in [-0.05, 0) is 6.42 Å². The molecule has 0 unspecified atom stereocenters. The second-order valence-corrected chi connectivity index (χ2v) is 3.95. The second-order valence-electron chi connectivity index (χ2n) is 3.95. The number of hydrogen-bond donors (Lipinski definition) is 3. The highest BCUT2D eigenvalue weighted by molar-refractivity contribution is 5.73. The Balaban J connectivity index is 2.19. The smallest absolute Gasteiger partial charge is 0.314 e. The molecule has 5 nitrogen and oxygen atoms in total. The zero-order chi connectivity index (χ0) is 11.1. The molecule has 2 amide bonds. The van der Waals surface area contributed by atoms with Crippen molar-refractivity contribution < 1.29 is 14.6 Å². The SMILES string of the molecule is CCCNC(=O)NCC1(O)CCOCC1. The lowest BCUT2D eigenvalue weighted by Crippen LogP contribution is -2.49. The molecule has 0 bridgehead atoms. The topological polar surface area (TPSA) is 70.6 Å². The minimum absolute atomic E-state index is 0.211. The normalized spacial score (nSPS) is 19.6. The maximum absolute atomic E-state index is 11.2. The van der Waals surface area contributed by atoms with Crippen molar-refractivity contribution in [3.63, 3.8) is 0 Å². The molecular formula is C10H20N2O3. The third kappa shape index (κ3) is 4.48. The van der Waals surface area contributed by atoms with Crippen molar-refractivity contribution in [3.8, 4) is 0 Å². The van der Waals surface area contributed by atoms with Crippen LogP contribution in [0.4, 0.5) is 4.79 Å². The second kappa shape index (κ2) is 5.92. The predicted molar refractivity (Wildman–Crippen MR) is 56.7 cm³/mol. The summed E-state index contributed by atoms with van der Waals surface area (Å²) in [7, 11) is 0. The highest BCUT2D eigenvalue weighted by Crippen LogP contribution is 2.18. The largest absolute Gasteiger partial charge is 0.388 e. The third-order valence-electron chi connectivity index (χ3n) is 2.54. The van der Waals surface area contributed by atoms with Crippen molar-refractivity contribution in [2.75, 3.05) is 26.3 Å². The summed E-state index contributed by atoms with van der Waals surface area (Å²) >= 11 is 0. The van der Waals surface area contributed by atoms with E-state index < -0.39 is 5.60 Å². The van der Waals surface area contributed by atoms with Crippen LogP contribution in [0.15, 0.2) is 0 Å². The average Bonchev–Trinajstić information content (AvgIpc) is 2.25. The van der Waals surface area contributed by atoms with E-state index in [1.807, 2.05) is 6.92 Å². The molecule has 0 atom stereocenters. The van der Waals surface area contributed by atoms with E-state index in [1.165, 1.54) is 0 Å². The summed E-state index contributed by atoms with van der Waals surface area (Å²) in [5.74, 6) is 0. The molecule has 0 radical (unpaired) electrons. The molecule has 1 aliphatic rings. The first-order chi connectivity index (χ1) is 7.16. The van der Waals surface area contributed by atoms with Gasteiger partial charge >= 0.3 is 6.03 Å². The summed E-state index contributed by atoms with van der Waals surface area (Å²) in [6.07, 6.45) is 2.08. The van der Waals surface area contributed by atoms with Crippen LogP contribution in [0.3, 0.4) is 0 Å². The first-order valence-corrected chi connectivity index (χ1v) is 5.48. The Kier molecular flexibility index (Phi) is 4.84. The van der Waals surface area contributed by atoms with Crippen molar-refractivity contribution in [2.24, 2.45) is 0 Å². The lowest BCUT2D eigenvalue weighted by atomic mass is 9.94. The summed E-state index contributed by atoms with van der Waals surface area (Å²) < 4.78 is 5.15. The van der Waals surface area contributed by atoms with E-state index >= 15 is 0 Å². The van der Waals surface area contributed by atoms with Gasteiger partial charge in [-0.15, -0.1) is 0 Å². The summed E-state index contributed by atoms with van der Waals surface area (Å²) in [5.41, 5.74) is -0.790. The molecule has 15 heavy (non-hydrogen) atoms. The number of amides is 2. The number of hydrogen-bond acceptors (Lipinski definition) is 3. The van der Waals surface area contributed by atoms with Crippen LogP contribution in [-0.2, 0) is 4.74 Å². The fourth-order valence-corrected chi connectivity index (χ4v) is 1.47. The van der Waals surface area contributed by atoms with E-state index in [9.17, 15) is 9.90 Å². The molecule has 1 rings (SSSR count). The Morgan fingerprint density at radius 1 is 1.40 bits per heavy atom. The molecule has 0 saturated carbocycles. The third-order valence-corrected chi connectivity index (χ3v) is 2.54. The molecule has 0 aromatic rings. The van der Waals surface area contributed by atoms with Crippen LogP contribution in [-0.4, -0.2) is 43.0 Å². The van der Waals surface area contributed by atoms with Gasteiger partial charge in [0.1, 0.15) is 0 Å². The van der Waals surface area contributed by atoms with Gasteiger partial charge < -0.3 is 20.5 Å². The molecule has 1 aliphatic heterocycles. The molecule has 0 spiro atoms. The number of aliphatic hydroxyl groups is 1. The summed E-state index contributed by atoms with van der Waals surface area (Å²) in [4.78, 5) is 11.2. The Morgan fingerprint density at radius 2 is 2.07 bits per heavy atom. The summed E-state index contributed by atoms with van der Waals surface area (Å²) in [6.45, 7) is 4.08. The highest BCUT2D eigenvalue weighted by atomic mass is 16.5. The van der Waals surface area contributed by atoms with Crippen LogP contribution < -0.4 is 10.6 Å². The number of nitrogens with one attached hydrogen (secondary N) is 2. The maximum atomic E-state index is 11.2. The van der Waals surface area contributed by atoms with Crippen LogP contribution in [0.2, 0.25) is 0 Å². The molecule has 1 fully saturated rings. The number of ether oxygens (including phenoxy) is 1. The Morgan fingerprint density at radius 3 is 2.67 bits per heavy atom. The summed E-state index contributed by atoms with van der Waals surface area (Å²) in [6, 6.07) is -0.211. The molecule has 3 N–H and O–H groups in total. The number of urea groups is 1. The molecule has 5 heteroatoms. The van der Waals surface area contributed by atoms with E-state index in [4.69, 9.17) is 4.74 Å².